The first-order chi connectivity index (χ1) is 17.7. The Kier molecular flexibility index (Phi) is 7.03. The van der Waals surface area contributed by atoms with Gasteiger partial charge in [-0.3, -0.25) is 9.69 Å². The number of hydrogen-bond acceptors (Lipinski definition) is 6. The van der Waals surface area contributed by atoms with Crippen molar-refractivity contribution in [3.63, 3.8) is 0 Å². The molecule has 202 valence electrons. The van der Waals surface area contributed by atoms with Crippen molar-refractivity contribution in [3.05, 3.63) is 46.6 Å². The van der Waals surface area contributed by atoms with Crippen molar-refractivity contribution in [2.75, 3.05) is 34.3 Å². The molecule has 2 aliphatic rings. The lowest BCUT2D eigenvalue weighted by molar-refractivity contribution is -0.137. The van der Waals surface area contributed by atoms with Crippen LogP contribution < -0.4 is 14.7 Å². The summed E-state index contributed by atoms with van der Waals surface area (Å²) in [4.78, 5) is 35.8. The monoisotopic (exact) mass is 529 g/mol. The topological polar surface area (TPSA) is 89.8 Å². The number of ether oxygens (including phenoxy) is 1. The zero-order valence-electron chi connectivity index (χ0n) is 22.0. The summed E-state index contributed by atoms with van der Waals surface area (Å²) in [5.74, 6) is -0.452. The van der Waals surface area contributed by atoms with E-state index in [0.717, 1.165) is 11.6 Å². The zero-order chi connectivity index (χ0) is 28.0. The number of nitriles is 1. The lowest BCUT2D eigenvalue weighted by atomic mass is 10.0. The minimum atomic E-state index is -4.73. The summed E-state index contributed by atoms with van der Waals surface area (Å²) < 4.78 is 46.7. The minimum Gasteiger partial charge on any atom is -0.443 e. The molecule has 2 aliphatic heterocycles. The predicted octanol–water partition coefficient (Wildman–Crippen LogP) is 5.35. The van der Waals surface area contributed by atoms with Crippen LogP contribution in [0.4, 0.5) is 35.2 Å². The van der Waals surface area contributed by atoms with Gasteiger partial charge >= 0.3 is 12.3 Å². The van der Waals surface area contributed by atoms with E-state index in [1.807, 2.05) is 13.0 Å². The Morgan fingerprint density at radius 2 is 1.79 bits per heavy atom. The van der Waals surface area contributed by atoms with Crippen LogP contribution in [0.1, 0.15) is 56.0 Å². The van der Waals surface area contributed by atoms with Crippen molar-refractivity contribution in [1.82, 2.24) is 4.98 Å². The summed E-state index contributed by atoms with van der Waals surface area (Å²) in [5.41, 5.74) is -0.399. The number of alkyl halides is 3. The van der Waals surface area contributed by atoms with Gasteiger partial charge in [-0.1, -0.05) is 12.1 Å². The highest BCUT2D eigenvalue weighted by molar-refractivity contribution is 6.06. The van der Waals surface area contributed by atoms with Gasteiger partial charge in [-0.2, -0.15) is 18.4 Å². The molecule has 38 heavy (non-hydrogen) atoms. The number of benzene rings is 1. The molecule has 1 aromatic heterocycles. The number of anilines is 3. The van der Waals surface area contributed by atoms with E-state index < -0.39 is 35.0 Å². The van der Waals surface area contributed by atoms with Gasteiger partial charge in [0, 0.05) is 25.3 Å². The van der Waals surface area contributed by atoms with E-state index in [0.29, 0.717) is 24.2 Å². The van der Waals surface area contributed by atoms with Crippen molar-refractivity contribution in [1.29, 1.82) is 5.26 Å². The largest absolute Gasteiger partial charge is 0.443 e. The summed E-state index contributed by atoms with van der Waals surface area (Å²) in [7, 11) is 0. The fourth-order valence-electron chi connectivity index (χ4n) is 5.03. The van der Waals surface area contributed by atoms with Gasteiger partial charge in [0.2, 0.25) is 5.91 Å². The summed E-state index contributed by atoms with van der Waals surface area (Å²) in [6.07, 6.45) is -4.31. The van der Waals surface area contributed by atoms with Gasteiger partial charge in [0.15, 0.2) is 0 Å². The van der Waals surface area contributed by atoms with Crippen molar-refractivity contribution < 1.29 is 27.5 Å². The first kappa shape index (κ1) is 27.2. The lowest BCUT2D eigenvalue weighted by Crippen LogP contribution is -2.53. The normalized spacial score (nSPS) is 17.8. The molecule has 0 spiro atoms. The number of rotatable bonds is 2. The minimum absolute atomic E-state index is 0.108. The second kappa shape index (κ2) is 9.82. The van der Waals surface area contributed by atoms with Crippen LogP contribution in [0.2, 0.25) is 0 Å². The smallest absolute Gasteiger partial charge is 0.417 e. The predicted molar refractivity (Wildman–Crippen MR) is 136 cm³/mol. The van der Waals surface area contributed by atoms with Gasteiger partial charge in [0.05, 0.1) is 16.9 Å². The Morgan fingerprint density at radius 3 is 2.42 bits per heavy atom. The van der Waals surface area contributed by atoms with Gasteiger partial charge in [0.1, 0.15) is 29.1 Å². The molecule has 4 rings (SSSR count). The zero-order valence-corrected chi connectivity index (χ0v) is 22.0. The van der Waals surface area contributed by atoms with Crippen LogP contribution in [-0.4, -0.2) is 48.3 Å². The molecule has 0 bridgehead atoms. The molecule has 1 aromatic carbocycles. The van der Waals surface area contributed by atoms with Gasteiger partial charge in [-0.15, -0.1) is 0 Å². The summed E-state index contributed by atoms with van der Waals surface area (Å²) >= 11 is 0. The van der Waals surface area contributed by atoms with E-state index in [1.165, 1.54) is 16.7 Å². The molecular weight excluding hydrogens is 499 g/mol. The van der Waals surface area contributed by atoms with Crippen molar-refractivity contribution in [2.24, 2.45) is 0 Å². The first-order valence-corrected chi connectivity index (χ1v) is 12.4. The number of aromatic nitrogens is 1. The maximum Gasteiger partial charge on any atom is 0.417 e. The van der Waals surface area contributed by atoms with Gasteiger partial charge in [0.25, 0.3) is 0 Å². The molecule has 8 nitrogen and oxygen atoms in total. The van der Waals surface area contributed by atoms with Gasteiger partial charge < -0.3 is 14.5 Å². The Hall–Kier alpha value is -3.81. The maximum absolute atomic E-state index is 13.9. The fraction of sp³-hybridized carbons (Fsp3) is 0.481. The lowest BCUT2D eigenvalue weighted by Gasteiger charge is -2.40. The molecule has 0 saturated carbocycles. The third kappa shape index (κ3) is 5.12. The molecule has 0 aliphatic carbocycles. The molecule has 3 heterocycles. The number of amides is 2. The van der Waals surface area contributed by atoms with E-state index in [4.69, 9.17) is 4.74 Å². The molecule has 1 atom stereocenters. The number of halogens is 3. The first-order valence-electron chi connectivity index (χ1n) is 12.4. The molecule has 0 N–H and O–H groups in total. The van der Waals surface area contributed by atoms with Crippen LogP contribution in [0.5, 0.6) is 0 Å². The molecule has 1 saturated heterocycles. The quantitative estimate of drug-likeness (QED) is 0.521. The standard InChI is InChI=1S/C27H30F3N5O3/c1-16-8-6-9-20-22(16)35(25(37)38-26(3,4)5)13-12-34(20)24(36)21-10-7-11-33(21)23-18(15-31)19(27(28,29)30)14-17(2)32-23/h6,8-9,14,21H,7,10-13H2,1-5H3/t21-/m0/s1. The molecule has 2 aromatic rings. The van der Waals surface area contributed by atoms with Crippen LogP contribution in [-0.2, 0) is 15.7 Å². The van der Waals surface area contributed by atoms with Crippen molar-refractivity contribution >= 4 is 29.2 Å². The summed E-state index contributed by atoms with van der Waals surface area (Å²) in [6.45, 7) is 9.25. The number of carbonyl (C=O) groups excluding carboxylic acids is 2. The van der Waals surface area contributed by atoms with Gasteiger partial charge in [-0.25, -0.2) is 9.78 Å². The summed E-state index contributed by atoms with van der Waals surface area (Å²) in [6, 6.07) is 7.07. The Morgan fingerprint density at radius 1 is 1.11 bits per heavy atom. The number of aryl methyl sites for hydroxylation is 2. The highest BCUT2D eigenvalue weighted by Crippen LogP contribution is 2.40. The SMILES string of the molecule is Cc1cc(C(F)(F)F)c(C#N)c(N2CCC[C@H]2C(=O)N2CCN(C(=O)OC(C)(C)C)c3c(C)cccc32)n1. The molecule has 2 amide bonds. The average molecular weight is 530 g/mol. The molecule has 11 heteroatoms. The van der Waals surface area contributed by atoms with Gasteiger partial charge in [-0.05, 0) is 65.2 Å². The van der Waals surface area contributed by atoms with Crippen molar-refractivity contribution in [3.8, 4) is 6.07 Å². The van der Waals surface area contributed by atoms with E-state index in [-0.39, 0.29) is 37.1 Å². The Balaban J connectivity index is 1.71. The Labute approximate surface area is 219 Å². The number of pyridine rings is 1. The molecule has 0 radical (unpaired) electrons. The van der Waals surface area contributed by atoms with E-state index in [2.05, 4.69) is 4.98 Å². The molecular formula is C27H30F3N5O3. The van der Waals surface area contributed by atoms with Crippen molar-refractivity contribution in [2.45, 2.75) is 65.3 Å². The third-order valence-corrected chi connectivity index (χ3v) is 6.56. The number of para-hydroxylation sites is 1. The van der Waals surface area contributed by atoms with Crippen LogP contribution in [0.3, 0.4) is 0 Å². The maximum atomic E-state index is 13.9. The molecule has 0 unspecified atom stereocenters. The van der Waals surface area contributed by atoms with Crippen LogP contribution in [0.25, 0.3) is 0 Å². The van der Waals surface area contributed by atoms with E-state index in [9.17, 15) is 28.0 Å². The van der Waals surface area contributed by atoms with E-state index >= 15 is 0 Å². The number of nitrogens with zero attached hydrogens (tertiary/aromatic N) is 5. The van der Waals surface area contributed by atoms with E-state index in [1.54, 1.807) is 43.9 Å². The highest BCUT2D eigenvalue weighted by atomic mass is 19.4. The number of carbonyl (C=O) groups is 2. The third-order valence-electron chi connectivity index (χ3n) is 6.56. The Bertz CT molecular complexity index is 1310. The second-order valence-corrected chi connectivity index (χ2v) is 10.5. The van der Waals surface area contributed by atoms with Crippen LogP contribution in [0, 0.1) is 25.2 Å². The number of hydrogen-bond donors (Lipinski definition) is 0. The van der Waals surface area contributed by atoms with Crippen LogP contribution in [0.15, 0.2) is 24.3 Å². The summed E-state index contributed by atoms with van der Waals surface area (Å²) in [5, 5.41) is 9.65. The number of fused-ring (bicyclic) bond motifs is 1. The average Bonchev–Trinajstić information content (AvgIpc) is 3.31. The second-order valence-electron chi connectivity index (χ2n) is 10.5. The molecule has 1 fully saturated rings. The van der Waals surface area contributed by atoms with Crippen LogP contribution >= 0.6 is 0 Å². The highest BCUT2D eigenvalue weighted by Gasteiger charge is 2.42. The fourth-order valence-corrected chi connectivity index (χ4v) is 5.03.